The molecule has 8 nitrogen and oxygen atoms in total. The van der Waals surface area contributed by atoms with Crippen molar-refractivity contribution in [3.8, 4) is 0 Å². The lowest BCUT2D eigenvalue weighted by Gasteiger charge is -2.30. The summed E-state index contributed by atoms with van der Waals surface area (Å²) in [5, 5.41) is 14.4. The van der Waals surface area contributed by atoms with Crippen molar-refractivity contribution in [3.63, 3.8) is 0 Å². The highest BCUT2D eigenvalue weighted by atomic mass is 16.6. The lowest BCUT2D eigenvalue weighted by atomic mass is 9.99. The highest BCUT2D eigenvalue weighted by molar-refractivity contribution is 5.93. The molecule has 1 aliphatic rings. The zero-order valence-electron chi connectivity index (χ0n) is 16.2. The van der Waals surface area contributed by atoms with E-state index < -0.39 is 10.9 Å². The third-order valence-corrected chi connectivity index (χ3v) is 4.95. The summed E-state index contributed by atoms with van der Waals surface area (Å²) >= 11 is 0. The van der Waals surface area contributed by atoms with Gasteiger partial charge in [-0.05, 0) is 43.0 Å². The summed E-state index contributed by atoms with van der Waals surface area (Å²) < 4.78 is 5.09. The van der Waals surface area contributed by atoms with Crippen LogP contribution in [0.25, 0.3) is 0 Å². The monoisotopic (exact) mass is 397 g/mol. The van der Waals surface area contributed by atoms with E-state index in [0.717, 1.165) is 18.9 Å². The van der Waals surface area contributed by atoms with E-state index in [2.05, 4.69) is 12.2 Å². The Kier molecular flexibility index (Phi) is 6.43. The molecule has 0 saturated carbocycles. The molecule has 1 aliphatic heterocycles. The van der Waals surface area contributed by atoms with Crippen LogP contribution in [0, 0.1) is 16.0 Å². The lowest BCUT2D eigenvalue weighted by molar-refractivity contribution is -0.383. The van der Waals surface area contributed by atoms with Gasteiger partial charge >= 0.3 is 5.97 Å². The average molecular weight is 397 g/mol. The van der Waals surface area contributed by atoms with E-state index in [1.807, 2.05) is 6.07 Å². The number of nitrogens with one attached hydrogen (secondary N) is 1. The Morgan fingerprint density at radius 3 is 2.52 bits per heavy atom. The Balaban J connectivity index is 1.65. The summed E-state index contributed by atoms with van der Waals surface area (Å²) in [6, 6.07) is 13.0. The minimum atomic E-state index is -0.766. The fourth-order valence-electron chi connectivity index (χ4n) is 3.15. The number of anilines is 2. The third-order valence-electron chi connectivity index (χ3n) is 4.95. The molecule has 1 saturated heterocycles. The Hall–Kier alpha value is -3.42. The summed E-state index contributed by atoms with van der Waals surface area (Å²) in [4.78, 5) is 37.1. The molecule has 0 spiro atoms. The molecule has 152 valence electrons. The maximum Gasteiger partial charge on any atom is 0.338 e. The molecule has 3 rings (SSSR count). The molecule has 1 fully saturated rings. The quantitative estimate of drug-likeness (QED) is 0.452. The van der Waals surface area contributed by atoms with Crippen LogP contribution in [0.2, 0.25) is 0 Å². The van der Waals surface area contributed by atoms with E-state index >= 15 is 0 Å². The van der Waals surface area contributed by atoms with Gasteiger partial charge in [0, 0.05) is 24.8 Å². The van der Waals surface area contributed by atoms with Crippen LogP contribution in [0.15, 0.2) is 48.5 Å². The van der Waals surface area contributed by atoms with E-state index in [0.29, 0.717) is 24.7 Å². The zero-order valence-corrected chi connectivity index (χ0v) is 16.2. The number of amides is 1. The van der Waals surface area contributed by atoms with Crippen LogP contribution in [0.3, 0.4) is 0 Å². The van der Waals surface area contributed by atoms with E-state index in [1.54, 1.807) is 29.2 Å². The van der Waals surface area contributed by atoms with Crippen molar-refractivity contribution in [2.45, 2.75) is 19.8 Å². The van der Waals surface area contributed by atoms with E-state index in [-0.39, 0.29) is 29.5 Å². The first-order valence-electron chi connectivity index (χ1n) is 9.49. The first kappa shape index (κ1) is 20.3. The number of piperidine rings is 1. The van der Waals surface area contributed by atoms with Crippen molar-refractivity contribution >= 4 is 28.9 Å². The van der Waals surface area contributed by atoms with Gasteiger partial charge in [0.15, 0.2) is 6.61 Å². The topological polar surface area (TPSA) is 102 Å². The van der Waals surface area contributed by atoms with Crippen LogP contribution in [-0.2, 0) is 9.53 Å². The standard InChI is InChI=1S/C21H23N3O5/c1-15-9-11-23(12-10-15)20(25)14-29-21(26)16-7-8-18(19(13-16)24(27)28)22-17-5-3-2-4-6-17/h2-8,13,15,22H,9-12,14H2,1H3. The molecule has 1 heterocycles. The molecule has 0 aromatic heterocycles. The largest absolute Gasteiger partial charge is 0.452 e. The van der Waals surface area contributed by atoms with E-state index in [9.17, 15) is 19.7 Å². The van der Waals surface area contributed by atoms with Crippen molar-refractivity contribution in [3.05, 3.63) is 64.2 Å². The van der Waals surface area contributed by atoms with Crippen molar-refractivity contribution in [2.75, 3.05) is 25.0 Å². The predicted octanol–water partition coefficient (Wildman–Crippen LogP) is 3.75. The molecule has 29 heavy (non-hydrogen) atoms. The number of nitrogens with zero attached hydrogens (tertiary/aromatic N) is 2. The zero-order chi connectivity index (χ0) is 20.8. The van der Waals surface area contributed by atoms with Crippen LogP contribution < -0.4 is 5.32 Å². The van der Waals surface area contributed by atoms with Crippen molar-refractivity contribution in [1.82, 2.24) is 4.90 Å². The maximum atomic E-state index is 12.3. The average Bonchev–Trinajstić information content (AvgIpc) is 2.73. The number of nitro groups is 1. The second kappa shape index (κ2) is 9.18. The molecule has 1 N–H and O–H groups in total. The van der Waals surface area contributed by atoms with Gasteiger partial charge in [-0.25, -0.2) is 4.79 Å². The van der Waals surface area contributed by atoms with Gasteiger partial charge in [-0.3, -0.25) is 14.9 Å². The van der Waals surface area contributed by atoms with Crippen LogP contribution in [0.1, 0.15) is 30.1 Å². The van der Waals surface area contributed by atoms with Gasteiger partial charge in [0.1, 0.15) is 5.69 Å². The van der Waals surface area contributed by atoms with Gasteiger partial charge < -0.3 is 15.0 Å². The van der Waals surface area contributed by atoms with Crippen molar-refractivity contribution in [1.29, 1.82) is 0 Å². The molecule has 2 aromatic rings. The second-order valence-corrected chi connectivity index (χ2v) is 7.12. The molecule has 0 radical (unpaired) electrons. The fourth-order valence-corrected chi connectivity index (χ4v) is 3.15. The Morgan fingerprint density at radius 1 is 1.17 bits per heavy atom. The predicted molar refractivity (Wildman–Crippen MR) is 108 cm³/mol. The maximum absolute atomic E-state index is 12.3. The molecule has 2 aromatic carbocycles. The summed E-state index contributed by atoms with van der Waals surface area (Å²) in [5.41, 5.74) is 0.721. The molecule has 0 aliphatic carbocycles. The van der Waals surface area contributed by atoms with Crippen LogP contribution in [0.4, 0.5) is 17.1 Å². The van der Waals surface area contributed by atoms with Gasteiger partial charge in [-0.1, -0.05) is 25.1 Å². The van der Waals surface area contributed by atoms with Gasteiger partial charge in [0.05, 0.1) is 10.5 Å². The summed E-state index contributed by atoms with van der Waals surface area (Å²) in [6.45, 7) is 3.09. The molecule has 0 unspecified atom stereocenters. The second-order valence-electron chi connectivity index (χ2n) is 7.12. The van der Waals surface area contributed by atoms with Crippen LogP contribution in [0.5, 0.6) is 0 Å². The van der Waals surface area contributed by atoms with E-state index in [4.69, 9.17) is 4.74 Å². The Morgan fingerprint density at radius 2 is 1.86 bits per heavy atom. The van der Waals surface area contributed by atoms with Crippen LogP contribution in [-0.4, -0.2) is 41.4 Å². The molecular weight excluding hydrogens is 374 g/mol. The third kappa shape index (κ3) is 5.31. The highest BCUT2D eigenvalue weighted by Crippen LogP contribution is 2.29. The fraction of sp³-hybridized carbons (Fsp3) is 0.333. The number of rotatable bonds is 6. The minimum Gasteiger partial charge on any atom is -0.452 e. The van der Waals surface area contributed by atoms with Crippen LogP contribution >= 0.6 is 0 Å². The number of carbonyl (C=O) groups excluding carboxylic acids is 2. The summed E-state index contributed by atoms with van der Waals surface area (Å²) in [7, 11) is 0. The first-order chi connectivity index (χ1) is 13.9. The number of ether oxygens (including phenoxy) is 1. The first-order valence-corrected chi connectivity index (χ1v) is 9.49. The Labute approximate surface area is 168 Å². The number of esters is 1. The Bertz CT molecular complexity index is 892. The van der Waals surface area contributed by atoms with Gasteiger partial charge in [0.25, 0.3) is 11.6 Å². The normalized spacial score (nSPS) is 14.3. The molecule has 8 heteroatoms. The number of para-hydroxylation sites is 1. The van der Waals surface area contributed by atoms with Gasteiger partial charge in [0.2, 0.25) is 0 Å². The SMILES string of the molecule is CC1CCN(C(=O)COC(=O)c2ccc(Nc3ccccc3)c([N+](=O)[O-])c2)CC1. The number of hydrogen-bond donors (Lipinski definition) is 1. The number of likely N-dealkylation sites (tertiary alicyclic amines) is 1. The summed E-state index contributed by atoms with van der Waals surface area (Å²) in [5.74, 6) is -0.426. The number of benzene rings is 2. The smallest absolute Gasteiger partial charge is 0.338 e. The van der Waals surface area contributed by atoms with E-state index in [1.165, 1.54) is 12.1 Å². The number of carbonyl (C=O) groups is 2. The highest BCUT2D eigenvalue weighted by Gasteiger charge is 2.23. The number of hydrogen-bond acceptors (Lipinski definition) is 6. The molecular formula is C21H23N3O5. The molecule has 0 atom stereocenters. The van der Waals surface area contributed by atoms with Crippen molar-refractivity contribution < 1.29 is 19.2 Å². The van der Waals surface area contributed by atoms with Gasteiger partial charge in [-0.2, -0.15) is 0 Å². The molecule has 0 bridgehead atoms. The number of nitro benzene ring substituents is 1. The van der Waals surface area contributed by atoms with Gasteiger partial charge in [-0.15, -0.1) is 0 Å². The lowest BCUT2D eigenvalue weighted by Crippen LogP contribution is -2.40. The van der Waals surface area contributed by atoms with Crippen molar-refractivity contribution in [2.24, 2.45) is 5.92 Å². The molecule has 1 amide bonds. The minimum absolute atomic E-state index is 0.0235. The summed E-state index contributed by atoms with van der Waals surface area (Å²) in [6.07, 6.45) is 1.86.